The average Bonchev–Trinajstić information content (AvgIpc) is 2.93. The molecule has 0 unspecified atom stereocenters. The predicted molar refractivity (Wildman–Crippen MR) is 90.6 cm³/mol. The van der Waals surface area contributed by atoms with Crippen molar-refractivity contribution in [3.63, 3.8) is 0 Å². The summed E-state index contributed by atoms with van der Waals surface area (Å²) in [5, 5.41) is 21.3. The van der Waals surface area contributed by atoms with Crippen LogP contribution in [-0.2, 0) is 23.8 Å². The quantitative estimate of drug-likeness (QED) is 0.430. The molecule has 0 aliphatic carbocycles. The molecule has 6 atom stereocenters. The van der Waals surface area contributed by atoms with Gasteiger partial charge in [0.1, 0.15) is 12.2 Å². The fourth-order valence-corrected chi connectivity index (χ4v) is 3.83. The summed E-state index contributed by atoms with van der Waals surface area (Å²) in [6.45, 7) is 12.2. The van der Waals surface area contributed by atoms with Gasteiger partial charge < -0.3 is 24.4 Å². The van der Waals surface area contributed by atoms with Crippen molar-refractivity contribution < 1.29 is 34.0 Å². The van der Waals surface area contributed by atoms with E-state index in [1.165, 1.54) is 6.92 Å². The number of carbonyl (C=O) groups excluding carboxylic acids is 2. The number of rotatable bonds is 2. The zero-order valence-corrected chi connectivity index (χ0v) is 15.2. The zero-order chi connectivity index (χ0) is 19.4. The molecule has 3 aliphatic heterocycles. The van der Waals surface area contributed by atoms with Crippen LogP contribution in [0.3, 0.4) is 0 Å². The SMILES string of the molecule is C=C(C)C(=O)O[C@@H]1C[C@@]2(C)O[C@](O)(C[C@@H]2O)/C(C)=C\[C@@H]2OC(=O)C(=C)[C@@H]21. The Labute approximate surface area is 151 Å². The van der Waals surface area contributed by atoms with Crippen molar-refractivity contribution >= 4 is 11.9 Å². The highest BCUT2D eigenvalue weighted by Gasteiger charge is 2.58. The van der Waals surface area contributed by atoms with Crippen LogP contribution in [0.25, 0.3) is 0 Å². The molecule has 0 radical (unpaired) electrons. The molecule has 26 heavy (non-hydrogen) atoms. The fourth-order valence-electron chi connectivity index (χ4n) is 3.83. The highest BCUT2D eigenvalue weighted by atomic mass is 16.7. The van der Waals surface area contributed by atoms with Crippen molar-refractivity contribution in [1.29, 1.82) is 0 Å². The Bertz CT molecular complexity index is 723. The van der Waals surface area contributed by atoms with Gasteiger partial charge in [-0.2, -0.15) is 0 Å². The summed E-state index contributed by atoms with van der Waals surface area (Å²) in [6, 6.07) is 0. The topological polar surface area (TPSA) is 102 Å². The molecular weight excluding hydrogens is 340 g/mol. The molecule has 7 heteroatoms. The molecule has 7 nitrogen and oxygen atoms in total. The van der Waals surface area contributed by atoms with Crippen molar-refractivity contribution in [3.8, 4) is 0 Å². The molecule has 0 saturated carbocycles. The number of ether oxygens (including phenoxy) is 3. The molecule has 3 heterocycles. The minimum atomic E-state index is -1.68. The molecule has 0 spiro atoms. The first kappa shape index (κ1) is 18.8. The summed E-state index contributed by atoms with van der Waals surface area (Å²) in [7, 11) is 0. The highest BCUT2D eigenvalue weighted by molar-refractivity contribution is 5.91. The summed E-state index contributed by atoms with van der Waals surface area (Å²) in [5.74, 6) is -3.52. The first-order chi connectivity index (χ1) is 12.0. The fraction of sp³-hybridized carbons (Fsp3) is 0.579. The van der Waals surface area contributed by atoms with Gasteiger partial charge >= 0.3 is 11.9 Å². The van der Waals surface area contributed by atoms with Crippen LogP contribution in [0.4, 0.5) is 0 Å². The maximum absolute atomic E-state index is 12.1. The lowest BCUT2D eigenvalue weighted by atomic mass is 9.80. The molecule has 0 aromatic heterocycles. The van der Waals surface area contributed by atoms with Crippen LogP contribution in [0.5, 0.6) is 0 Å². The van der Waals surface area contributed by atoms with E-state index in [-0.39, 0.29) is 24.0 Å². The third-order valence-corrected chi connectivity index (χ3v) is 5.48. The van der Waals surface area contributed by atoms with E-state index >= 15 is 0 Å². The maximum atomic E-state index is 12.1. The number of carbonyl (C=O) groups is 2. The van der Waals surface area contributed by atoms with E-state index in [9.17, 15) is 19.8 Å². The molecule has 0 aromatic rings. The van der Waals surface area contributed by atoms with E-state index in [1.54, 1.807) is 19.9 Å². The Balaban J connectivity index is 2.08. The molecule has 2 N–H and O–H groups in total. The normalized spacial score (nSPS) is 44.1. The van der Waals surface area contributed by atoms with Gasteiger partial charge in [0.2, 0.25) is 0 Å². The molecule has 0 aromatic carbocycles. The molecule has 2 fully saturated rings. The lowest BCUT2D eigenvalue weighted by Crippen LogP contribution is -2.44. The Morgan fingerprint density at radius 1 is 1.42 bits per heavy atom. The second kappa shape index (κ2) is 6.04. The lowest BCUT2D eigenvalue weighted by Gasteiger charge is -2.34. The van der Waals surface area contributed by atoms with Gasteiger partial charge in [-0.25, -0.2) is 9.59 Å². The third-order valence-electron chi connectivity index (χ3n) is 5.48. The van der Waals surface area contributed by atoms with Crippen molar-refractivity contribution in [1.82, 2.24) is 0 Å². The molecule has 2 bridgehead atoms. The number of aliphatic hydroxyl groups excluding tert-OH is 1. The van der Waals surface area contributed by atoms with Crippen LogP contribution in [0.15, 0.2) is 36.0 Å². The van der Waals surface area contributed by atoms with Gasteiger partial charge in [0.15, 0.2) is 5.79 Å². The van der Waals surface area contributed by atoms with Gasteiger partial charge in [0.25, 0.3) is 0 Å². The summed E-state index contributed by atoms with van der Waals surface area (Å²) >= 11 is 0. The van der Waals surface area contributed by atoms with Crippen LogP contribution in [-0.4, -0.2) is 51.9 Å². The van der Waals surface area contributed by atoms with Crippen molar-refractivity contribution in [2.45, 2.75) is 63.3 Å². The molecular formula is C19H24O7. The average molecular weight is 364 g/mol. The Kier molecular flexibility index (Phi) is 4.37. The first-order valence-corrected chi connectivity index (χ1v) is 8.52. The standard InChI is InChI=1S/C19H24O7/c1-9(2)16(21)25-13-7-18(5)14(20)8-19(23,26-18)10(3)6-12-15(13)11(4)17(22)24-12/h6,12-15,20,23H,1,4,7-8H2,2-3,5H3/b10-6-/t12-,13+,14-,15-,18+,19+/m0/s1. The lowest BCUT2D eigenvalue weighted by molar-refractivity contribution is -0.208. The summed E-state index contributed by atoms with van der Waals surface area (Å²) in [4.78, 5) is 24.2. The Hall–Kier alpha value is -1.96. The van der Waals surface area contributed by atoms with Gasteiger partial charge in [-0.1, -0.05) is 13.2 Å². The van der Waals surface area contributed by atoms with Crippen LogP contribution in [0.2, 0.25) is 0 Å². The van der Waals surface area contributed by atoms with E-state index in [2.05, 4.69) is 13.2 Å². The van der Waals surface area contributed by atoms with Crippen LogP contribution in [0, 0.1) is 5.92 Å². The van der Waals surface area contributed by atoms with Gasteiger partial charge in [-0.15, -0.1) is 0 Å². The van der Waals surface area contributed by atoms with Crippen LogP contribution >= 0.6 is 0 Å². The Morgan fingerprint density at radius 2 is 2.08 bits per heavy atom. The van der Waals surface area contributed by atoms with E-state index < -0.39 is 47.6 Å². The van der Waals surface area contributed by atoms with Crippen molar-refractivity contribution in [2.75, 3.05) is 0 Å². The summed E-state index contributed by atoms with van der Waals surface area (Å²) < 4.78 is 16.8. The number of aliphatic hydroxyl groups is 2. The van der Waals surface area contributed by atoms with Gasteiger partial charge in [0.05, 0.1) is 17.6 Å². The monoisotopic (exact) mass is 364 g/mol. The molecule has 0 amide bonds. The second-order valence-corrected chi connectivity index (χ2v) is 7.62. The predicted octanol–water partition coefficient (Wildman–Crippen LogP) is 1.15. The zero-order valence-electron chi connectivity index (χ0n) is 15.2. The largest absolute Gasteiger partial charge is 0.458 e. The Morgan fingerprint density at radius 3 is 2.69 bits per heavy atom. The van der Waals surface area contributed by atoms with Gasteiger partial charge in [-0.3, -0.25) is 0 Å². The second-order valence-electron chi connectivity index (χ2n) is 7.62. The van der Waals surface area contributed by atoms with E-state index in [1.807, 2.05) is 0 Å². The van der Waals surface area contributed by atoms with Crippen LogP contribution in [0.1, 0.15) is 33.6 Å². The minimum absolute atomic E-state index is 0.0285. The number of esters is 2. The molecule has 2 saturated heterocycles. The summed E-state index contributed by atoms with van der Waals surface area (Å²) in [5.41, 5.74) is -0.366. The van der Waals surface area contributed by atoms with E-state index in [0.29, 0.717) is 5.57 Å². The number of hydrogen-bond acceptors (Lipinski definition) is 7. The smallest absolute Gasteiger partial charge is 0.334 e. The molecule has 3 aliphatic rings. The maximum Gasteiger partial charge on any atom is 0.334 e. The molecule has 142 valence electrons. The highest BCUT2D eigenvalue weighted by Crippen LogP contribution is 2.47. The van der Waals surface area contributed by atoms with Crippen molar-refractivity contribution in [2.24, 2.45) is 5.92 Å². The van der Waals surface area contributed by atoms with Gasteiger partial charge in [-0.05, 0) is 32.4 Å². The van der Waals surface area contributed by atoms with Gasteiger partial charge in [0, 0.05) is 24.0 Å². The number of hydrogen-bond donors (Lipinski definition) is 2. The molecule has 3 rings (SSSR count). The third kappa shape index (κ3) is 2.90. The summed E-state index contributed by atoms with van der Waals surface area (Å²) in [6.07, 6.45) is -0.957. The van der Waals surface area contributed by atoms with Crippen LogP contribution < -0.4 is 0 Å². The number of fused-ring (bicyclic) bond motifs is 3. The van der Waals surface area contributed by atoms with E-state index in [0.717, 1.165) is 0 Å². The van der Waals surface area contributed by atoms with Crippen molar-refractivity contribution in [3.05, 3.63) is 36.0 Å². The minimum Gasteiger partial charge on any atom is -0.458 e. The van der Waals surface area contributed by atoms with E-state index in [4.69, 9.17) is 14.2 Å². The first-order valence-electron chi connectivity index (χ1n) is 8.52.